The summed E-state index contributed by atoms with van der Waals surface area (Å²) in [6.07, 6.45) is 2.04. The molecule has 0 atom stereocenters. The number of para-hydroxylation sites is 1. The molecule has 0 amide bonds. The molecule has 3 aromatic rings. The molecule has 0 bridgehead atoms. The fraction of sp³-hybridized carbons (Fsp3) is 0.222. The number of rotatable bonds is 4. The Kier molecular flexibility index (Phi) is 3.99. The van der Waals surface area contributed by atoms with Gasteiger partial charge < -0.3 is 14.4 Å². The first-order valence-corrected chi connectivity index (χ1v) is 7.64. The van der Waals surface area contributed by atoms with Crippen LogP contribution in [0.4, 0.5) is 0 Å². The van der Waals surface area contributed by atoms with Gasteiger partial charge in [-0.25, -0.2) is 0 Å². The van der Waals surface area contributed by atoms with Crippen LogP contribution in [0.1, 0.15) is 25.5 Å². The van der Waals surface area contributed by atoms with Crippen molar-refractivity contribution in [1.82, 2.24) is 4.57 Å². The van der Waals surface area contributed by atoms with Gasteiger partial charge in [0.1, 0.15) is 18.1 Å². The van der Waals surface area contributed by atoms with Crippen LogP contribution in [0.25, 0.3) is 10.9 Å². The van der Waals surface area contributed by atoms with Gasteiger partial charge in [0.15, 0.2) is 0 Å². The number of aromatic hydroxyl groups is 1. The van der Waals surface area contributed by atoms with Crippen LogP contribution in [0.15, 0.2) is 48.7 Å². The molecule has 3 nitrogen and oxygen atoms in total. The van der Waals surface area contributed by atoms with Crippen molar-refractivity contribution in [1.29, 1.82) is 0 Å². The molecule has 1 heterocycles. The molecule has 0 saturated carbocycles. The van der Waals surface area contributed by atoms with E-state index >= 15 is 0 Å². The van der Waals surface area contributed by atoms with Gasteiger partial charge in [0.25, 0.3) is 0 Å². The van der Waals surface area contributed by atoms with Gasteiger partial charge in [-0.05, 0) is 38.1 Å². The van der Waals surface area contributed by atoms with Gasteiger partial charge in [0, 0.05) is 28.2 Å². The van der Waals surface area contributed by atoms with Crippen LogP contribution < -0.4 is 4.74 Å². The molecule has 114 valence electrons. The van der Waals surface area contributed by atoms with Crippen LogP contribution in [0.5, 0.6) is 11.5 Å². The lowest BCUT2D eigenvalue weighted by Crippen LogP contribution is -1.98. The highest BCUT2D eigenvalue weighted by atomic mass is 35.5. The van der Waals surface area contributed by atoms with E-state index in [1.165, 1.54) is 0 Å². The van der Waals surface area contributed by atoms with E-state index < -0.39 is 0 Å². The van der Waals surface area contributed by atoms with Crippen molar-refractivity contribution in [3.05, 3.63) is 59.2 Å². The molecule has 0 aliphatic carbocycles. The van der Waals surface area contributed by atoms with Gasteiger partial charge in [0.2, 0.25) is 0 Å². The number of hydrogen-bond acceptors (Lipinski definition) is 2. The summed E-state index contributed by atoms with van der Waals surface area (Å²) >= 11 is 5.97. The van der Waals surface area contributed by atoms with E-state index in [1.807, 2.05) is 36.5 Å². The molecule has 22 heavy (non-hydrogen) atoms. The first-order chi connectivity index (χ1) is 10.6. The number of phenols is 1. The van der Waals surface area contributed by atoms with Gasteiger partial charge in [-0.2, -0.15) is 0 Å². The standard InChI is InChI=1S/C18H18ClNO2/c1-12(2)20-10-13(16-7-4-8-17(21)18(16)20)11-22-15-6-3-5-14(19)9-15/h3-10,12,21H,11H2,1-2H3. The lowest BCUT2D eigenvalue weighted by atomic mass is 10.2. The summed E-state index contributed by atoms with van der Waals surface area (Å²) < 4.78 is 7.91. The second-order valence-corrected chi connectivity index (χ2v) is 6.01. The van der Waals surface area contributed by atoms with Crippen LogP contribution in [0, 0.1) is 0 Å². The molecule has 0 spiro atoms. The second kappa shape index (κ2) is 5.93. The normalized spacial score (nSPS) is 11.3. The fourth-order valence-electron chi connectivity index (χ4n) is 2.60. The first-order valence-electron chi connectivity index (χ1n) is 7.26. The smallest absolute Gasteiger partial charge is 0.139 e. The highest BCUT2D eigenvalue weighted by molar-refractivity contribution is 6.30. The number of nitrogens with zero attached hydrogens (tertiary/aromatic N) is 1. The third kappa shape index (κ3) is 2.77. The maximum atomic E-state index is 10.2. The van der Waals surface area contributed by atoms with Gasteiger partial charge in [0.05, 0.1) is 5.52 Å². The zero-order valence-electron chi connectivity index (χ0n) is 12.6. The van der Waals surface area contributed by atoms with Crippen molar-refractivity contribution in [2.75, 3.05) is 0 Å². The molecule has 0 radical (unpaired) electrons. The SMILES string of the molecule is CC(C)n1cc(COc2cccc(Cl)c2)c2cccc(O)c21. The predicted molar refractivity (Wildman–Crippen MR) is 89.8 cm³/mol. The molecule has 0 aliphatic heterocycles. The molecule has 1 aromatic heterocycles. The Hall–Kier alpha value is -2.13. The van der Waals surface area contributed by atoms with E-state index in [0.717, 1.165) is 22.2 Å². The summed E-state index contributed by atoms with van der Waals surface area (Å²) in [6, 6.07) is 13.2. The molecule has 4 heteroatoms. The summed E-state index contributed by atoms with van der Waals surface area (Å²) in [6.45, 7) is 4.61. The lowest BCUT2D eigenvalue weighted by Gasteiger charge is -2.09. The molecule has 0 aliphatic rings. The van der Waals surface area contributed by atoms with Crippen molar-refractivity contribution in [3.63, 3.8) is 0 Å². The number of fused-ring (bicyclic) bond motifs is 1. The van der Waals surface area contributed by atoms with Crippen LogP contribution in [-0.2, 0) is 6.61 Å². The van der Waals surface area contributed by atoms with Crippen molar-refractivity contribution >= 4 is 22.5 Å². The van der Waals surface area contributed by atoms with Crippen LogP contribution in [0.2, 0.25) is 5.02 Å². The maximum Gasteiger partial charge on any atom is 0.139 e. The van der Waals surface area contributed by atoms with E-state index in [2.05, 4.69) is 18.4 Å². The number of aromatic nitrogens is 1. The Morgan fingerprint density at radius 1 is 1.18 bits per heavy atom. The van der Waals surface area contributed by atoms with Crippen LogP contribution in [-0.4, -0.2) is 9.67 Å². The Bertz CT molecular complexity index is 808. The van der Waals surface area contributed by atoms with E-state index in [4.69, 9.17) is 16.3 Å². The molecular weight excluding hydrogens is 298 g/mol. The zero-order valence-corrected chi connectivity index (χ0v) is 13.3. The van der Waals surface area contributed by atoms with Gasteiger partial charge in [-0.1, -0.05) is 29.8 Å². The Morgan fingerprint density at radius 3 is 2.68 bits per heavy atom. The number of ether oxygens (including phenoxy) is 1. The van der Waals surface area contributed by atoms with Gasteiger partial charge >= 0.3 is 0 Å². The molecule has 3 rings (SSSR count). The Balaban J connectivity index is 1.96. The van der Waals surface area contributed by atoms with E-state index in [9.17, 15) is 5.11 Å². The minimum atomic E-state index is 0.260. The topological polar surface area (TPSA) is 34.4 Å². The average Bonchev–Trinajstić information content (AvgIpc) is 2.86. The van der Waals surface area contributed by atoms with E-state index in [-0.39, 0.29) is 6.04 Å². The Labute approximate surface area is 134 Å². The van der Waals surface area contributed by atoms with Crippen LogP contribution >= 0.6 is 11.6 Å². The van der Waals surface area contributed by atoms with Crippen LogP contribution in [0.3, 0.4) is 0 Å². The lowest BCUT2D eigenvalue weighted by molar-refractivity contribution is 0.307. The number of benzene rings is 2. The fourth-order valence-corrected chi connectivity index (χ4v) is 2.78. The van der Waals surface area contributed by atoms with E-state index in [1.54, 1.807) is 12.1 Å². The minimum absolute atomic E-state index is 0.260. The largest absolute Gasteiger partial charge is 0.506 e. The Morgan fingerprint density at radius 2 is 1.95 bits per heavy atom. The first kappa shape index (κ1) is 14.8. The van der Waals surface area contributed by atoms with Crippen molar-refractivity contribution in [2.45, 2.75) is 26.5 Å². The number of halogens is 1. The summed E-state index contributed by atoms with van der Waals surface area (Å²) in [4.78, 5) is 0. The second-order valence-electron chi connectivity index (χ2n) is 5.57. The molecule has 0 fully saturated rings. The third-order valence-corrected chi connectivity index (χ3v) is 3.90. The molecule has 0 saturated heterocycles. The molecule has 2 aromatic carbocycles. The van der Waals surface area contributed by atoms with Crippen molar-refractivity contribution < 1.29 is 9.84 Å². The molecular formula is C18H18ClNO2. The molecule has 1 N–H and O–H groups in total. The van der Waals surface area contributed by atoms with Gasteiger partial charge in [-0.15, -0.1) is 0 Å². The van der Waals surface area contributed by atoms with Crippen molar-refractivity contribution in [3.8, 4) is 11.5 Å². The predicted octanol–water partition coefficient (Wildman–Crippen LogP) is 5.16. The third-order valence-electron chi connectivity index (χ3n) is 3.66. The summed E-state index contributed by atoms with van der Waals surface area (Å²) in [5, 5.41) is 11.8. The molecule has 0 unspecified atom stereocenters. The quantitative estimate of drug-likeness (QED) is 0.721. The van der Waals surface area contributed by atoms with Gasteiger partial charge in [-0.3, -0.25) is 0 Å². The minimum Gasteiger partial charge on any atom is -0.506 e. The number of phenolic OH excluding ortho intramolecular Hbond substituents is 1. The van der Waals surface area contributed by atoms with E-state index in [0.29, 0.717) is 17.4 Å². The van der Waals surface area contributed by atoms with Crippen molar-refractivity contribution in [2.24, 2.45) is 0 Å². The maximum absolute atomic E-state index is 10.2. The average molecular weight is 316 g/mol. The number of hydrogen-bond donors (Lipinski definition) is 1. The highest BCUT2D eigenvalue weighted by Crippen LogP contribution is 2.32. The highest BCUT2D eigenvalue weighted by Gasteiger charge is 2.14. The monoisotopic (exact) mass is 315 g/mol. The zero-order chi connectivity index (χ0) is 15.7. The summed E-state index contributed by atoms with van der Waals surface area (Å²) in [7, 11) is 0. The summed E-state index contributed by atoms with van der Waals surface area (Å²) in [5.41, 5.74) is 1.89. The summed E-state index contributed by atoms with van der Waals surface area (Å²) in [5.74, 6) is 1.03.